The summed E-state index contributed by atoms with van der Waals surface area (Å²) < 4.78 is 42.8. The third kappa shape index (κ3) is 5.58. The zero-order valence-corrected chi connectivity index (χ0v) is 18.8. The zero-order valence-electron chi connectivity index (χ0n) is 17.1. The maximum Gasteiger partial charge on any atom is 0.357 e. The molecule has 0 radical (unpaired) electrons. The van der Waals surface area contributed by atoms with Gasteiger partial charge >= 0.3 is 5.97 Å². The molecule has 31 heavy (non-hydrogen) atoms. The van der Waals surface area contributed by atoms with Gasteiger partial charge in [0.25, 0.3) is 0 Å². The van der Waals surface area contributed by atoms with Gasteiger partial charge in [-0.05, 0) is 24.6 Å². The van der Waals surface area contributed by atoms with Crippen molar-refractivity contribution in [1.29, 1.82) is 0 Å². The van der Waals surface area contributed by atoms with Crippen LogP contribution in [-0.4, -0.2) is 69.6 Å². The zero-order chi connectivity index (χ0) is 22.4. The SMILES string of the molecule is CCOC(=O)c1csc(NC(=O)Cc2ccc(OC)c(S(=O)(=O)N3CCOCC3)c2)n1. The molecule has 10 nitrogen and oxygen atoms in total. The second-order valence-corrected chi connectivity index (χ2v) is 9.25. The van der Waals surface area contributed by atoms with Gasteiger partial charge in [-0.2, -0.15) is 4.31 Å². The fourth-order valence-corrected chi connectivity index (χ4v) is 5.25. The lowest BCUT2D eigenvalue weighted by Crippen LogP contribution is -2.40. The third-order valence-corrected chi connectivity index (χ3v) is 7.09. The maximum atomic E-state index is 13.1. The number of carbonyl (C=O) groups excluding carboxylic acids is 2. The smallest absolute Gasteiger partial charge is 0.357 e. The number of amides is 1. The number of esters is 1. The summed E-state index contributed by atoms with van der Waals surface area (Å²) in [5.74, 6) is -0.758. The molecule has 0 bridgehead atoms. The van der Waals surface area contributed by atoms with Crippen molar-refractivity contribution >= 4 is 38.4 Å². The highest BCUT2D eigenvalue weighted by Crippen LogP contribution is 2.29. The Labute approximate surface area is 184 Å². The van der Waals surface area contributed by atoms with Gasteiger partial charge in [-0.15, -0.1) is 11.3 Å². The van der Waals surface area contributed by atoms with Gasteiger partial charge < -0.3 is 19.5 Å². The molecule has 1 amide bonds. The summed E-state index contributed by atoms with van der Waals surface area (Å²) in [5, 5.41) is 4.36. The molecule has 0 atom stereocenters. The Morgan fingerprint density at radius 3 is 2.71 bits per heavy atom. The molecule has 2 heterocycles. The lowest BCUT2D eigenvalue weighted by atomic mass is 10.1. The van der Waals surface area contributed by atoms with Crippen LogP contribution in [0.25, 0.3) is 0 Å². The summed E-state index contributed by atoms with van der Waals surface area (Å²) in [6, 6.07) is 4.59. The number of thiazole rings is 1. The van der Waals surface area contributed by atoms with Crippen LogP contribution in [0.4, 0.5) is 5.13 Å². The van der Waals surface area contributed by atoms with E-state index in [2.05, 4.69) is 10.3 Å². The van der Waals surface area contributed by atoms with Crippen molar-refractivity contribution in [3.63, 3.8) is 0 Å². The van der Waals surface area contributed by atoms with Crippen molar-refractivity contribution in [3.8, 4) is 5.75 Å². The minimum absolute atomic E-state index is 0.000968. The number of anilines is 1. The number of carbonyl (C=O) groups is 2. The van der Waals surface area contributed by atoms with Gasteiger partial charge in [-0.25, -0.2) is 18.2 Å². The van der Waals surface area contributed by atoms with Gasteiger partial charge in [0.05, 0.1) is 33.4 Å². The van der Waals surface area contributed by atoms with E-state index in [0.29, 0.717) is 18.8 Å². The van der Waals surface area contributed by atoms with Crippen molar-refractivity contribution in [1.82, 2.24) is 9.29 Å². The van der Waals surface area contributed by atoms with E-state index in [1.165, 1.54) is 28.9 Å². The van der Waals surface area contributed by atoms with E-state index in [0.717, 1.165) is 11.3 Å². The number of hydrogen-bond donors (Lipinski definition) is 1. The van der Waals surface area contributed by atoms with Crippen molar-refractivity contribution < 1.29 is 32.2 Å². The summed E-state index contributed by atoms with van der Waals surface area (Å²) in [6.07, 6.45) is -0.0794. The van der Waals surface area contributed by atoms with Crippen LogP contribution in [0.2, 0.25) is 0 Å². The van der Waals surface area contributed by atoms with Crippen LogP contribution in [0.5, 0.6) is 5.75 Å². The van der Waals surface area contributed by atoms with E-state index in [4.69, 9.17) is 14.2 Å². The average Bonchev–Trinajstić information content (AvgIpc) is 3.23. The number of aromatic nitrogens is 1. The topological polar surface area (TPSA) is 124 Å². The molecule has 1 aliphatic rings. The fourth-order valence-electron chi connectivity index (χ4n) is 2.94. The third-order valence-electron chi connectivity index (χ3n) is 4.42. The van der Waals surface area contributed by atoms with Gasteiger partial charge in [-0.3, -0.25) is 4.79 Å². The quantitative estimate of drug-likeness (QED) is 0.577. The van der Waals surface area contributed by atoms with E-state index >= 15 is 0 Å². The molecule has 1 fully saturated rings. The monoisotopic (exact) mass is 469 g/mol. The van der Waals surface area contributed by atoms with Gasteiger partial charge in [0.2, 0.25) is 15.9 Å². The summed E-state index contributed by atoms with van der Waals surface area (Å²) in [7, 11) is -2.41. The Hall–Kier alpha value is -2.54. The Bertz CT molecular complexity index is 1050. The molecule has 1 aliphatic heterocycles. The summed E-state index contributed by atoms with van der Waals surface area (Å²) >= 11 is 1.10. The molecule has 0 spiro atoms. The van der Waals surface area contributed by atoms with Crippen molar-refractivity contribution in [2.75, 3.05) is 45.3 Å². The molecule has 168 valence electrons. The number of ether oxygens (including phenoxy) is 3. The molecule has 1 saturated heterocycles. The largest absolute Gasteiger partial charge is 0.495 e. The predicted molar refractivity (Wildman–Crippen MR) is 113 cm³/mol. The molecule has 3 rings (SSSR count). The molecule has 0 saturated carbocycles. The predicted octanol–water partition coefficient (Wildman–Crippen LogP) is 1.53. The standard InChI is InChI=1S/C19H23N3O7S2/c1-3-29-18(24)14-12-30-19(20-14)21-17(23)11-13-4-5-15(27-2)16(10-13)31(25,26)22-6-8-28-9-7-22/h4-5,10,12H,3,6-9,11H2,1-2H3,(H,20,21,23). The number of sulfonamides is 1. The number of rotatable bonds is 8. The minimum Gasteiger partial charge on any atom is -0.495 e. The molecule has 0 unspecified atom stereocenters. The van der Waals surface area contributed by atoms with Crippen LogP contribution >= 0.6 is 11.3 Å². The van der Waals surface area contributed by atoms with Crippen molar-refractivity contribution in [2.45, 2.75) is 18.2 Å². The van der Waals surface area contributed by atoms with E-state index in [9.17, 15) is 18.0 Å². The second-order valence-electron chi connectivity index (χ2n) is 6.48. The first-order valence-electron chi connectivity index (χ1n) is 9.52. The maximum absolute atomic E-state index is 13.1. The van der Waals surface area contributed by atoms with Gasteiger partial charge in [0.15, 0.2) is 10.8 Å². The minimum atomic E-state index is -3.80. The first-order chi connectivity index (χ1) is 14.8. The highest BCUT2D eigenvalue weighted by atomic mass is 32.2. The normalized spacial score (nSPS) is 14.8. The molecule has 0 aliphatic carbocycles. The molecule has 12 heteroatoms. The first kappa shape index (κ1) is 23.1. The summed E-state index contributed by atoms with van der Waals surface area (Å²) in [5.41, 5.74) is 0.609. The number of nitrogens with zero attached hydrogens (tertiary/aromatic N) is 2. The van der Waals surface area contributed by atoms with Gasteiger partial charge in [0.1, 0.15) is 10.6 Å². The van der Waals surface area contributed by atoms with E-state index < -0.39 is 21.9 Å². The fraction of sp³-hybridized carbons (Fsp3) is 0.421. The Morgan fingerprint density at radius 1 is 1.29 bits per heavy atom. The van der Waals surface area contributed by atoms with Crippen LogP contribution in [-0.2, 0) is 30.7 Å². The summed E-state index contributed by atoms with van der Waals surface area (Å²) in [4.78, 5) is 28.2. The molecule has 1 aromatic heterocycles. The number of morpholine rings is 1. The average molecular weight is 470 g/mol. The van der Waals surface area contributed by atoms with Crippen LogP contribution in [0, 0.1) is 0 Å². The number of benzene rings is 1. The van der Waals surface area contributed by atoms with Crippen LogP contribution in [0.3, 0.4) is 0 Å². The molecular formula is C19H23N3O7S2. The van der Waals surface area contributed by atoms with Crippen molar-refractivity contribution in [2.24, 2.45) is 0 Å². The highest BCUT2D eigenvalue weighted by molar-refractivity contribution is 7.89. The van der Waals surface area contributed by atoms with E-state index in [1.807, 2.05) is 0 Å². The van der Waals surface area contributed by atoms with Crippen LogP contribution in [0.1, 0.15) is 23.0 Å². The Kier molecular flexibility index (Phi) is 7.59. The first-order valence-corrected chi connectivity index (χ1v) is 11.8. The Balaban J connectivity index is 1.74. The number of nitrogens with one attached hydrogen (secondary N) is 1. The second kappa shape index (κ2) is 10.2. The van der Waals surface area contributed by atoms with Gasteiger partial charge in [0, 0.05) is 18.5 Å². The summed E-state index contributed by atoms with van der Waals surface area (Å²) in [6.45, 7) is 3.07. The number of methoxy groups -OCH3 is 1. The van der Waals surface area contributed by atoms with E-state index in [-0.39, 0.29) is 47.6 Å². The highest BCUT2D eigenvalue weighted by Gasteiger charge is 2.29. The molecule has 1 N–H and O–H groups in total. The van der Waals surface area contributed by atoms with E-state index in [1.54, 1.807) is 13.0 Å². The van der Waals surface area contributed by atoms with Crippen molar-refractivity contribution in [3.05, 3.63) is 34.8 Å². The molecule has 1 aromatic carbocycles. The number of hydrogen-bond acceptors (Lipinski definition) is 9. The molecule has 2 aromatic rings. The van der Waals surface area contributed by atoms with Crippen LogP contribution < -0.4 is 10.1 Å². The van der Waals surface area contributed by atoms with Crippen LogP contribution in [0.15, 0.2) is 28.5 Å². The van der Waals surface area contributed by atoms with Gasteiger partial charge in [-0.1, -0.05) is 6.07 Å². The Morgan fingerprint density at radius 2 is 2.03 bits per heavy atom. The lowest BCUT2D eigenvalue weighted by Gasteiger charge is -2.26. The lowest BCUT2D eigenvalue weighted by molar-refractivity contribution is -0.115. The molecular weight excluding hydrogens is 446 g/mol.